The minimum atomic E-state index is -0.813. The van der Waals surface area contributed by atoms with E-state index in [4.69, 9.17) is 4.74 Å². The number of aryl methyl sites for hydroxylation is 1. The molecule has 2 amide bonds. The molecule has 0 radical (unpaired) electrons. The molecule has 0 spiro atoms. The van der Waals surface area contributed by atoms with E-state index in [-0.39, 0.29) is 5.91 Å². The van der Waals surface area contributed by atoms with Crippen LogP contribution in [-0.2, 0) is 14.3 Å². The van der Waals surface area contributed by atoms with Crippen LogP contribution in [0.25, 0.3) is 0 Å². The fourth-order valence-electron chi connectivity index (χ4n) is 2.47. The number of amides is 2. The summed E-state index contributed by atoms with van der Waals surface area (Å²) in [6.45, 7) is 1.51. The Balaban J connectivity index is 1.90. The van der Waals surface area contributed by atoms with Crippen molar-refractivity contribution in [2.45, 2.75) is 19.4 Å². The smallest absolute Gasteiger partial charge is 0.329 e. The maximum Gasteiger partial charge on any atom is 0.329 e. The Labute approximate surface area is 169 Å². The van der Waals surface area contributed by atoms with Crippen molar-refractivity contribution in [2.24, 2.45) is 0 Å². The second kappa shape index (κ2) is 11.1. The van der Waals surface area contributed by atoms with E-state index in [1.54, 1.807) is 42.1 Å². The number of thioether (sulfide) groups is 1. The van der Waals surface area contributed by atoms with Gasteiger partial charge in [-0.3, -0.25) is 9.59 Å². The third-order valence-electron chi connectivity index (χ3n) is 3.88. The zero-order chi connectivity index (χ0) is 20.4. The molecule has 148 valence electrons. The lowest BCUT2D eigenvalue weighted by molar-refractivity contribution is -0.149. The molecule has 7 heteroatoms. The number of benzene rings is 2. The SMILES string of the molecule is CSCC[C@@H](NC(=O)c1ccccc1)C(=O)OCC(=O)Nc1cccc(C)c1. The third-order valence-corrected chi connectivity index (χ3v) is 4.53. The summed E-state index contributed by atoms with van der Waals surface area (Å²) in [5.41, 5.74) is 2.11. The van der Waals surface area contributed by atoms with E-state index in [2.05, 4.69) is 10.6 Å². The van der Waals surface area contributed by atoms with Crippen molar-refractivity contribution in [3.8, 4) is 0 Å². The molecule has 0 aromatic heterocycles. The highest BCUT2D eigenvalue weighted by Crippen LogP contribution is 2.10. The van der Waals surface area contributed by atoms with Gasteiger partial charge in [0.2, 0.25) is 0 Å². The minimum Gasteiger partial charge on any atom is -0.454 e. The summed E-state index contributed by atoms with van der Waals surface area (Å²) in [6.07, 6.45) is 2.33. The zero-order valence-electron chi connectivity index (χ0n) is 15.9. The molecular formula is C21H24N2O4S. The van der Waals surface area contributed by atoms with Gasteiger partial charge in [0.05, 0.1) is 0 Å². The summed E-state index contributed by atoms with van der Waals surface area (Å²) in [7, 11) is 0. The second-order valence-electron chi connectivity index (χ2n) is 6.20. The normalized spacial score (nSPS) is 11.4. The van der Waals surface area contributed by atoms with Gasteiger partial charge >= 0.3 is 5.97 Å². The van der Waals surface area contributed by atoms with Crippen molar-refractivity contribution in [3.63, 3.8) is 0 Å². The Morgan fingerprint density at radius 1 is 1.07 bits per heavy atom. The van der Waals surface area contributed by atoms with Crippen molar-refractivity contribution >= 4 is 35.2 Å². The van der Waals surface area contributed by atoms with Crippen LogP contribution in [0.3, 0.4) is 0 Å². The fraction of sp³-hybridized carbons (Fsp3) is 0.286. The molecule has 28 heavy (non-hydrogen) atoms. The number of hydrogen-bond acceptors (Lipinski definition) is 5. The number of carbonyl (C=O) groups is 3. The topological polar surface area (TPSA) is 84.5 Å². The first-order valence-corrected chi connectivity index (χ1v) is 10.3. The molecule has 0 saturated carbocycles. The van der Waals surface area contributed by atoms with Crippen LogP contribution in [0.2, 0.25) is 0 Å². The Hall–Kier alpha value is -2.80. The highest BCUT2D eigenvalue weighted by atomic mass is 32.2. The molecule has 2 rings (SSSR count). The van der Waals surface area contributed by atoms with Gasteiger partial charge in [0.1, 0.15) is 6.04 Å². The van der Waals surface area contributed by atoms with Crippen molar-refractivity contribution in [1.82, 2.24) is 5.32 Å². The lowest BCUT2D eigenvalue weighted by Gasteiger charge is -2.17. The molecule has 6 nitrogen and oxygen atoms in total. The van der Waals surface area contributed by atoms with Crippen molar-refractivity contribution in [3.05, 3.63) is 65.7 Å². The molecule has 2 N–H and O–H groups in total. The Morgan fingerprint density at radius 3 is 2.50 bits per heavy atom. The summed E-state index contributed by atoms with van der Waals surface area (Å²) in [4.78, 5) is 36.8. The predicted molar refractivity (Wildman–Crippen MR) is 111 cm³/mol. The van der Waals surface area contributed by atoms with Gasteiger partial charge in [0.25, 0.3) is 11.8 Å². The maximum absolute atomic E-state index is 12.4. The monoisotopic (exact) mass is 400 g/mol. The molecule has 0 aliphatic heterocycles. The molecule has 0 aliphatic rings. The molecule has 1 atom stereocenters. The van der Waals surface area contributed by atoms with E-state index in [1.165, 1.54) is 0 Å². The number of carbonyl (C=O) groups excluding carboxylic acids is 3. The van der Waals surface area contributed by atoms with Gasteiger partial charge < -0.3 is 15.4 Å². The fourth-order valence-corrected chi connectivity index (χ4v) is 2.94. The predicted octanol–water partition coefficient (Wildman–Crippen LogP) is 3.03. The van der Waals surface area contributed by atoms with Gasteiger partial charge in [-0.2, -0.15) is 11.8 Å². The molecule has 0 aliphatic carbocycles. The number of ether oxygens (including phenoxy) is 1. The third kappa shape index (κ3) is 7.08. The van der Waals surface area contributed by atoms with E-state index < -0.39 is 24.5 Å². The van der Waals surface area contributed by atoms with Crippen molar-refractivity contribution in [2.75, 3.05) is 23.9 Å². The maximum atomic E-state index is 12.4. The Bertz CT molecular complexity index is 811. The van der Waals surface area contributed by atoms with Crippen LogP contribution in [0.1, 0.15) is 22.3 Å². The van der Waals surface area contributed by atoms with Crippen LogP contribution in [0, 0.1) is 6.92 Å². The van der Waals surface area contributed by atoms with Gasteiger partial charge in [-0.15, -0.1) is 0 Å². The Kier molecular flexibility index (Phi) is 8.55. The first kappa shape index (κ1) is 21.5. The van der Waals surface area contributed by atoms with Crippen LogP contribution in [0.5, 0.6) is 0 Å². The number of hydrogen-bond donors (Lipinski definition) is 2. The average Bonchev–Trinajstić information content (AvgIpc) is 2.69. The van der Waals surface area contributed by atoms with Gasteiger partial charge in [-0.1, -0.05) is 30.3 Å². The van der Waals surface area contributed by atoms with Crippen molar-refractivity contribution < 1.29 is 19.1 Å². The number of anilines is 1. The zero-order valence-corrected chi connectivity index (χ0v) is 16.8. The van der Waals surface area contributed by atoms with E-state index in [9.17, 15) is 14.4 Å². The molecule has 2 aromatic rings. The summed E-state index contributed by atoms with van der Waals surface area (Å²) in [5, 5.41) is 5.37. The van der Waals surface area contributed by atoms with Crippen LogP contribution in [0.15, 0.2) is 54.6 Å². The second-order valence-corrected chi connectivity index (χ2v) is 7.18. The first-order valence-electron chi connectivity index (χ1n) is 8.87. The number of esters is 1. The largest absolute Gasteiger partial charge is 0.454 e. The molecule has 0 fully saturated rings. The lowest BCUT2D eigenvalue weighted by Crippen LogP contribution is -2.43. The highest BCUT2D eigenvalue weighted by Gasteiger charge is 2.23. The quantitative estimate of drug-likeness (QED) is 0.632. The first-order chi connectivity index (χ1) is 13.5. The standard InChI is InChI=1S/C21H24N2O4S/c1-15-7-6-10-17(13-15)22-19(24)14-27-21(26)18(11-12-28-2)23-20(25)16-8-4-3-5-9-16/h3-10,13,18H,11-12,14H2,1-2H3,(H,22,24)(H,23,25)/t18-/m1/s1. The van der Waals surface area contributed by atoms with Gasteiger partial charge in [0, 0.05) is 11.3 Å². The van der Waals surface area contributed by atoms with Crippen LogP contribution < -0.4 is 10.6 Å². The summed E-state index contributed by atoms with van der Waals surface area (Å²) < 4.78 is 5.13. The van der Waals surface area contributed by atoms with Crippen LogP contribution >= 0.6 is 11.8 Å². The van der Waals surface area contributed by atoms with Crippen LogP contribution in [0.4, 0.5) is 5.69 Å². The summed E-state index contributed by atoms with van der Waals surface area (Å²) >= 11 is 1.56. The molecular weight excluding hydrogens is 376 g/mol. The van der Waals surface area contributed by atoms with Crippen LogP contribution in [-0.4, -0.2) is 42.4 Å². The molecule has 0 bridgehead atoms. The molecule has 0 unspecified atom stereocenters. The van der Waals surface area contributed by atoms with Gasteiger partial charge in [-0.25, -0.2) is 4.79 Å². The van der Waals surface area contributed by atoms with Gasteiger partial charge in [0.15, 0.2) is 6.61 Å². The number of nitrogens with one attached hydrogen (secondary N) is 2. The lowest BCUT2D eigenvalue weighted by atomic mass is 10.1. The average molecular weight is 401 g/mol. The van der Waals surface area contributed by atoms with Crippen molar-refractivity contribution in [1.29, 1.82) is 0 Å². The van der Waals surface area contributed by atoms with E-state index in [1.807, 2.05) is 37.4 Å². The van der Waals surface area contributed by atoms with Gasteiger partial charge in [-0.05, 0) is 55.2 Å². The van der Waals surface area contributed by atoms with E-state index in [0.717, 1.165) is 5.56 Å². The minimum absolute atomic E-state index is 0.354. The summed E-state index contributed by atoms with van der Waals surface area (Å²) in [6, 6.07) is 15.2. The summed E-state index contributed by atoms with van der Waals surface area (Å²) in [5.74, 6) is -0.743. The van der Waals surface area contributed by atoms with E-state index in [0.29, 0.717) is 23.4 Å². The highest BCUT2D eigenvalue weighted by molar-refractivity contribution is 7.98. The Morgan fingerprint density at radius 2 is 1.82 bits per heavy atom. The molecule has 0 saturated heterocycles. The molecule has 2 aromatic carbocycles. The number of rotatable bonds is 9. The molecule has 0 heterocycles. The van der Waals surface area contributed by atoms with E-state index >= 15 is 0 Å².